The molecule has 0 aliphatic carbocycles. The van der Waals surface area contributed by atoms with Crippen molar-refractivity contribution in [2.75, 3.05) is 6.61 Å². The van der Waals surface area contributed by atoms with E-state index in [0.717, 1.165) is 11.3 Å². The van der Waals surface area contributed by atoms with Crippen molar-refractivity contribution >= 4 is 0 Å². The SMILES string of the molecule is C#CCOc1nc(C)cc(C)c1C#N. The van der Waals surface area contributed by atoms with Crippen LogP contribution in [0.1, 0.15) is 16.8 Å². The number of aromatic nitrogens is 1. The highest BCUT2D eigenvalue weighted by atomic mass is 16.5. The number of nitriles is 1. The predicted octanol–water partition coefficient (Wildman–Crippen LogP) is 1.58. The molecule has 3 nitrogen and oxygen atoms in total. The molecule has 70 valence electrons. The second-order valence-corrected chi connectivity index (χ2v) is 2.87. The maximum absolute atomic E-state index is 8.87. The molecule has 1 aromatic heterocycles. The molecule has 0 aliphatic rings. The zero-order valence-corrected chi connectivity index (χ0v) is 8.16. The zero-order valence-electron chi connectivity index (χ0n) is 8.16. The van der Waals surface area contributed by atoms with Crippen molar-refractivity contribution in [3.05, 3.63) is 22.9 Å². The number of hydrogen-bond acceptors (Lipinski definition) is 3. The van der Waals surface area contributed by atoms with E-state index in [4.69, 9.17) is 16.4 Å². The lowest BCUT2D eigenvalue weighted by Crippen LogP contribution is -2.01. The first kappa shape index (κ1) is 10.1. The molecule has 0 radical (unpaired) electrons. The van der Waals surface area contributed by atoms with Crippen LogP contribution in [0.15, 0.2) is 6.07 Å². The highest BCUT2D eigenvalue weighted by Gasteiger charge is 2.08. The van der Waals surface area contributed by atoms with Crippen LogP contribution in [0.3, 0.4) is 0 Å². The van der Waals surface area contributed by atoms with E-state index in [9.17, 15) is 0 Å². The fourth-order valence-corrected chi connectivity index (χ4v) is 1.15. The van der Waals surface area contributed by atoms with Crippen LogP contribution in [-0.2, 0) is 0 Å². The molecule has 0 N–H and O–H groups in total. The van der Waals surface area contributed by atoms with Gasteiger partial charge in [0.25, 0.3) is 0 Å². The third-order valence-corrected chi connectivity index (χ3v) is 1.72. The molecule has 1 heterocycles. The van der Waals surface area contributed by atoms with Crippen LogP contribution in [0.5, 0.6) is 5.88 Å². The van der Waals surface area contributed by atoms with Crippen LogP contribution in [0, 0.1) is 37.5 Å². The largest absolute Gasteiger partial charge is 0.464 e. The number of hydrogen-bond donors (Lipinski definition) is 0. The molecule has 0 fully saturated rings. The maximum atomic E-state index is 8.87. The Balaban J connectivity index is 3.14. The minimum absolute atomic E-state index is 0.130. The summed E-state index contributed by atoms with van der Waals surface area (Å²) in [6.45, 7) is 3.82. The lowest BCUT2D eigenvalue weighted by Gasteiger charge is -2.06. The summed E-state index contributed by atoms with van der Waals surface area (Å²) in [5, 5.41) is 8.87. The molecular weight excluding hydrogens is 176 g/mol. The monoisotopic (exact) mass is 186 g/mol. The molecule has 0 saturated heterocycles. The predicted molar refractivity (Wildman–Crippen MR) is 52.8 cm³/mol. The summed E-state index contributed by atoms with van der Waals surface area (Å²) in [7, 11) is 0. The van der Waals surface area contributed by atoms with Gasteiger partial charge < -0.3 is 4.74 Å². The Hall–Kier alpha value is -2.00. The fourth-order valence-electron chi connectivity index (χ4n) is 1.15. The van der Waals surface area contributed by atoms with Gasteiger partial charge in [0.05, 0.1) is 0 Å². The van der Waals surface area contributed by atoms with E-state index in [1.807, 2.05) is 26.0 Å². The van der Waals surface area contributed by atoms with E-state index in [0.29, 0.717) is 11.4 Å². The second-order valence-electron chi connectivity index (χ2n) is 2.87. The van der Waals surface area contributed by atoms with E-state index in [-0.39, 0.29) is 6.61 Å². The Morgan fingerprint density at radius 3 is 2.86 bits per heavy atom. The molecule has 0 unspecified atom stereocenters. The first-order valence-corrected chi connectivity index (χ1v) is 4.13. The topological polar surface area (TPSA) is 45.9 Å². The van der Waals surface area contributed by atoms with Crippen LogP contribution in [0.25, 0.3) is 0 Å². The summed E-state index contributed by atoms with van der Waals surface area (Å²) in [6, 6.07) is 3.88. The summed E-state index contributed by atoms with van der Waals surface area (Å²) < 4.78 is 5.17. The molecule has 0 saturated carbocycles. The summed E-state index contributed by atoms with van der Waals surface area (Å²) in [5.74, 6) is 2.66. The van der Waals surface area contributed by atoms with Crippen LogP contribution in [-0.4, -0.2) is 11.6 Å². The van der Waals surface area contributed by atoms with Gasteiger partial charge in [-0.1, -0.05) is 5.92 Å². The Bertz CT molecular complexity index is 424. The molecule has 0 bridgehead atoms. The average Bonchev–Trinajstić information content (AvgIpc) is 2.14. The third-order valence-electron chi connectivity index (χ3n) is 1.72. The van der Waals surface area contributed by atoms with Crippen molar-refractivity contribution in [2.45, 2.75) is 13.8 Å². The van der Waals surface area contributed by atoms with Crippen LogP contribution < -0.4 is 4.74 Å². The van der Waals surface area contributed by atoms with Gasteiger partial charge in [-0.3, -0.25) is 0 Å². The van der Waals surface area contributed by atoms with Gasteiger partial charge in [0.15, 0.2) is 6.61 Å². The fraction of sp³-hybridized carbons (Fsp3) is 0.273. The maximum Gasteiger partial charge on any atom is 0.233 e. The lowest BCUT2D eigenvalue weighted by molar-refractivity contribution is 0.353. The van der Waals surface area contributed by atoms with Crippen LogP contribution >= 0.6 is 0 Å². The molecule has 0 amide bonds. The molecule has 0 spiro atoms. The summed E-state index contributed by atoms with van der Waals surface area (Å²) >= 11 is 0. The minimum Gasteiger partial charge on any atom is -0.464 e. The number of terminal acetylenes is 1. The summed E-state index contributed by atoms with van der Waals surface area (Å²) in [5.41, 5.74) is 2.12. The van der Waals surface area contributed by atoms with Gasteiger partial charge in [-0.05, 0) is 25.5 Å². The van der Waals surface area contributed by atoms with E-state index in [1.165, 1.54) is 0 Å². The van der Waals surface area contributed by atoms with Crippen molar-refractivity contribution < 1.29 is 4.74 Å². The number of nitrogens with zero attached hydrogens (tertiary/aromatic N) is 2. The van der Waals surface area contributed by atoms with Gasteiger partial charge in [-0.25, -0.2) is 4.98 Å². The molecular formula is C11H10N2O. The number of aryl methyl sites for hydroxylation is 2. The zero-order chi connectivity index (χ0) is 10.6. The molecule has 1 aromatic rings. The standard InChI is InChI=1S/C11H10N2O/c1-4-5-14-11-10(7-12)8(2)6-9(3)13-11/h1,6H,5H2,2-3H3. The van der Waals surface area contributed by atoms with Crippen molar-refractivity contribution in [3.8, 4) is 24.3 Å². The lowest BCUT2D eigenvalue weighted by atomic mass is 10.1. The third kappa shape index (κ3) is 2.02. The van der Waals surface area contributed by atoms with Gasteiger partial charge >= 0.3 is 0 Å². The van der Waals surface area contributed by atoms with E-state index >= 15 is 0 Å². The second kappa shape index (κ2) is 4.30. The highest BCUT2D eigenvalue weighted by molar-refractivity contribution is 5.45. The number of rotatable bonds is 2. The average molecular weight is 186 g/mol. The van der Waals surface area contributed by atoms with Crippen LogP contribution in [0.4, 0.5) is 0 Å². The van der Waals surface area contributed by atoms with Crippen LogP contribution in [0.2, 0.25) is 0 Å². The normalized spacial score (nSPS) is 8.86. The van der Waals surface area contributed by atoms with Gasteiger partial charge in [0, 0.05) is 5.69 Å². The smallest absolute Gasteiger partial charge is 0.233 e. The van der Waals surface area contributed by atoms with Gasteiger partial charge in [0.2, 0.25) is 5.88 Å². The molecule has 0 aliphatic heterocycles. The van der Waals surface area contributed by atoms with Crippen molar-refractivity contribution in [1.82, 2.24) is 4.98 Å². The van der Waals surface area contributed by atoms with Gasteiger partial charge in [-0.15, -0.1) is 6.42 Å². The number of pyridine rings is 1. The summed E-state index contributed by atoms with van der Waals surface area (Å²) in [6.07, 6.45) is 5.06. The number of ether oxygens (including phenoxy) is 1. The molecule has 0 atom stereocenters. The summed E-state index contributed by atoms with van der Waals surface area (Å²) in [4.78, 5) is 4.10. The Morgan fingerprint density at radius 1 is 1.57 bits per heavy atom. The van der Waals surface area contributed by atoms with Gasteiger partial charge in [-0.2, -0.15) is 5.26 Å². The Morgan fingerprint density at radius 2 is 2.29 bits per heavy atom. The van der Waals surface area contributed by atoms with E-state index < -0.39 is 0 Å². The Labute approximate surface area is 83.3 Å². The molecule has 14 heavy (non-hydrogen) atoms. The molecule has 1 rings (SSSR count). The minimum atomic E-state index is 0.130. The highest BCUT2D eigenvalue weighted by Crippen LogP contribution is 2.19. The quantitative estimate of drug-likeness (QED) is 0.659. The first-order valence-electron chi connectivity index (χ1n) is 4.13. The van der Waals surface area contributed by atoms with E-state index in [1.54, 1.807) is 0 Å². The van der Waals surface area contributed by atoms with Crippen molar-refractivity contribution in [2.24, 2.45) is 0 Å². The Kier molecular flexibility index (Phi) is 3.09. The van der Waals surface area contributed by atoms with E-state index in [2.05, 4.69) is 10.9 Å². The molecule has 3 heteroatoms. The molecule has 0 aromatic carbocycles. The van der Waals surface area contributed by atoms with Crippen molar-refractivity contribution in [3.63, 3.8) is 0 Å². The van der Waals surface area contributed by atoms with Gasteiger partial charge in [0.1, 0.15) is 11.6 Å². The van der Waals surface area contributed by atoms with Crippen molar-refractivity contribution in [1.29, 1.82) is 5.26 Å². The first-order chi connectivity index (χ1) is 6.69.